The highest BCUT2D eigenvalue weighted by Crippen LogP contribution is 2.52. The summed E-state index contributed by atoms with van der Waals surface area (Å²) in [6.07, 6.45) is -3.56. The van der Waals surface area contributed by atoms with Gasteiger partial charge in [0.2, 0.25) is 0 Å². The highest BCUT2D eigenvalue weighted by atomic mass is 31.2. The molecular formula is C22H34N10O13P2. The van der Waals surface area contributed by atoms with Crippen LogP contribution in [0.4, 0.5) is 11.6 Å². The molecule has 25 heteroatoms. The van der Waals surface area contributed by atoms with E-state index >= 15 is 0 Å². The molecule has 4 aromatic rings. The summed E-state index contributed by atoms with van der Waals surface area (Å²) in [5.74, 6) is 0.344. The van der Waals surface area contributed by atoms with E-state index in [4.69, 9.17) is 35.3 Å². The number of phosphoric ester groups is 2. The second-order valence-electron chi connectivity index (χ2n) is 9.89. The Balaban J connectivity index is 0.000000204. The number of hydrogen-bond donors (Lipinski definition) is 8. The minimum atomic E-state index is -4.72. The van der Waals surface area contributed by atoms with Gasteiger partial charge in [0.15, 0.2) is 35.4 Å². The molecule has 0 aliphatic carbocycles. The summed E-state index contributed by atoms with van der Waals surface area (Å²) < 4.78 is 50.0. The quantitative estimate of drug-likeness (QED) is 0.110. The maximum absolute atomic E-state index is 11.5. The molecular weight excluding hydrogens is 674 g/mol. The van der Waals surface area contributed by atoms with Crippen LogP contribution in [-0.2, 0) is 32.2 Å². The van der Waals surface area contributed by atoms with E-state index in [0.717, 1.165) is 0 Å². The number of imidazole rings is 2. The van der Waals surface area contributed by atoms with E-state index in [2.05, 4.69) is 39.0 Å². The molecule has 0 saturated carbocycles. The SMILES string of the molecule is C.C.Nc1ncnc2c1ncn2[C@@H]1O[C@@H]2COP(=O)(O)O[C@@H]2C1O.Nc1ncnc2c1ncn2[C@@H]1O[C@H](COP(=O)(O)O)[C@H](O)C1O. The lowest BCUT2D eigenvalue weighted by Gasteiger charge is -2.27. The maximum atomic E-state index is 11.5. The Hall–Kier alpha value is -3.28. The van der Waals surface area contributed by atoms with Crippen LogP contribution in [0, 0.1) is 0 Å². The van der Waals surface area contributed by atoms with Crippen molar-refractivity contribution in [3.8, 4) is 0 Å². The Morgan fingerprint density at radius 2 is 1.40 bits per heavy atom. The van der Waals surface area contributed by atoms with Gasteiger partial charge in [-0.3, -0.25) is 22.7 Å². The molecule has 3 saturated heterocycles. The van der Waals surface area contributed by atoms with Crippen molar-refractivity contribution >= 4 is 49.6 Å². The molecule has 3 aliphatic heterocycles. The number of nitrogen functional groups attached to an aromatic ring is 2. The first-order valence-corrected chi connectivity index (χ1v) is 15.8. The highest BCUT2D eigenvalue weighted by molar-refractivity contribution is 7.47. The predicted molar refractivity (Wildman–Crippen MR) is 157 cm³/mol. The van der Waals surface area contributed by atoms with Crippen LogP contribution in [0.1, 0.15) is 27.3 Å². The lowest BCUT2D eigenvalue weighted by molar-refractivity contribution is -0.0664. The molecule has 0 bridgehead atoms. The number of aromatic nitrogens is 8. The van der Waals surface area contributed by atoms with Crippen LogP contribution in [0.15, 0.2) is 25.3 Å². The molecule has 0 spiro atoms. The largest absolute Gasteiger partial charge is 0.472 e. The molecule has 0 radical (unpaired) electrons. The topological polar surface area (TPSA) is 341 Å². The van der Waals surface area contributed by atoms with Crippen LogP contribution in [-0.4, -0.2) is 119 Å². The molecule has 23 nitrogen and oxygen atoms in total. The van der Waals surface area contributed by atoms with Crippen molar-refractivity contribution in [1.29, 1.82) is 0 Å². The number of nitrogens with zero attached hydrogens (tertiary/aromatic N) is 8. The number of ether oxygens (including phenoxy) is 2. The second kappa shape index (κ2) is 13.7. The minimum Gasteiger partial charge on any atom is -0.387 e. The lowest BCUT2D eigenvalue weighted by atomic mass is 10.1. The van der Waals surface area contributed by atoms with Crippen molar-refractivity contribution in [3.05, 3.63) is 25.3 Å². The fourth-order valence-corrected chi connectivity index (χ4v) is 6.25. The summed E-state index contributed by atoms with van der Waals surface area (Å²) >= 11 is 0. The van der Waals surface area contributed by atoms with E-state index in [1.54, 1.807) is 0 Å². The number of anilines is 2. The van der Waals surface area contributed by atoms with Gasteiger partial charge in [-0.1, -0.05) is 14.9 Å². The fourth-order valence-electron chi connectivity index (χ4n) is 4.95. The average molecular weight is 709 g/mol. The molecule has 4 aromatic heterocycles. The Bertz CT molecular complexity index is 1810. The Morgan fingerprint density at radius 3 is 1.94 bits per heavy atom. The van der Waals surface area contributed by atoms with Gasteiger partial charge in [-0.25, -0.2) is 39.0 Å². The van der Waals surface area contributed by atoms with E-state index in [1.165, 1.54) is 34.4 Å². The Morgan fingerprint density at radius 1 is 0.872 bits per heavy atom. The van der Waals surface area contributed by atoms with Gasteiger partial charge < -0.3 is 50.9 Å². The number of hydrogen-bond acceptors (Lipinski definition) is 18. The zero-order valence-corrected chi connectivity index (χ0v) is 24.3. The zero-order chi connectivity index (χ0) is 32.3. The standard InChI is InChI=1S/C10H14N5O7P.C10H12N5O6P.2CH4/c11-8-5-9(13-2-12-8)15(3-14-5)10-7(17)6(16)4(22-10)1-21-23(18,19)20;11-8-5-9(13-2-12-8)15(3-14-5)10-6(16)7-4(20-10)1-19-22(17,18)21-7;;/h2-4,6-7,10,16-17H,1H2,(H2,11,12,13)(H2,18,19,20);2-4,6-7,10,16H,1H2,(H,17,18)(H2,11,12,13);2*1H4/t4-,6+,7?,10-;4-,6?,7+,10-;;/m11../s1. The van der Waals surface area contributed by atoms with Gasteiger partial charge in [0, 0.05) is 0 Å². The van der Waals surface area contributed by atoms with Gasteiger partial charge in [0.25, 0.3) is 0 Å². The molecule has 9 atom stereocenters. The summed E-state index contributed by atoms with van der Waals surface area (Å²) in [7, 11) is -8.88. The van der Waals surface area contributed by atoms with Gasteiger partial charge in [-0.15, -0.1) is 0 Å². The van der Waals surface area contributed by atoms with Gasteiger partial charge in [-0.05, 0) is 0 Å². The van der Waals surface area contributed by atoms with E-state index in [-0.39, 0.29) is 38.7 Å². The van der Waals surface area contributed by atoms with Gasteiger partial charge in [0.05, 0.1) is 25.9 Å². The van der Waals surface area contributed by atoms with Crippen LogP contribution < -0.4 is 11.5 Å². The first kappa shape index (κ1) is 36.6. The molecule has 7 rings (SSSR count). The number of aliphatic hydroxyl groups excluding tert-OH is 3. The third-order valence-corrected chi connectivity index (χ3v) is 8.50. The van der Waals surface area contributed by atoms with E-state index < -0.39 is 71.3 Å². The third-order valence-electron chi connectivity index (χ3n) is 7.03. The maximum Gasteiger partial charge on any atom is 0.472 e. The number of fused-ring (bicyclic) bond motifs is 3. The number of rotatable bonds is 5. The van der Waals surface area contributed by atoms with Crippen molar-refractivity contribution in [2.75, 3.05) is 24.7 Å². The smallest absolute Gasteiger partial charge is 0.387 e. The van der Waals surface area contributed by atoms with Gasteiger partial charge in [0.1, 0.15) is 60.3 Å². The second-order valence-corrected chi connectivity index (χ2v) is 12.5. The number of aliphatic hydroxyl groups is 3. The van der Waals surface area contributed by atoms with Gasteiger partial charge in [-0.2, -0.15) is 0 Å². The molecule has 0 aromatic carbocycles. The van der Waals surface area contributed by atoms with Crippen LogP contribution in [0.5, 0.6) is 0 Å². The normalized spacial score (nSPS) is 31.9. The van der Waals surface area contributed by atoms with Crippen molar-refractivity contribution in [3.63, 3.8) is 0 Å². The average Bonchev–Trinajstić information content (AvgIpc) is 3.74. The van der Waals surface area contributed by atoms with Crippen LogP contribution in [0.3, 0.4) is 0 Å². The van der Waals surface area contributed by atoms with Crippen LogP contribution in [0.25, 0.3) is 22.3 Å². The molecule has 0 amide bonds. The molecule has 260 valence electrons. The summed E-state index contributed by atoms with van der Waals surface area (Å²) in [4.78, 5) is 50.5. The van der Waals surface area contributed by atoms with Crippen LogP contribution >= 0.6 is 15.6 Å². The molecule has 47 heavy (non-hydrogen) atoms. The summed E-state index contributed by atoms with van der Waals surface area (Å²) in [5.41, 5.74) is 12.7. The minimum absolute atomic E-state index is 0. The first-order valence-electron chi connectivity index (χ1n) is 12.8. The lowest BCUT2D eigenvalue weighted by Crippen LogP contribution is -2.39. The number of nitrogens with two attached hydrogens (primary N) is 2. The monoisotopic (exact) mass is 708 g/mol. The van der Waals surface area contributed by atoms with Gasteiger partial charge >= 0.3 is 15.6 Å². The van der Waals surface area contributed by atoms with E-state index in [0.29, 0.717) is 16.7 Å². The molecule has 3 unspecified atom stereocenters. The fraction of sp³-hybridized carbons (Fsp3) is 0.545. The zero-order valence-electron chi connectivity index (χ0n) is 22.5. The summed E-state index contributed by atoms with van der Waals surface area (Å²) in [6, 6.07) is 0. The summed E-state index contributed by atoms with van der Waals surface area (Å²) in [6.45, 7) is -0.751. The molecule has 3 fully saturated rings. The van der Waals surface area contributed by atoms with Crippen molar-refractivity contribution in [2.45, 2.75) is 63.9 Å². The highest BCUT2D eigenvalue weighted by Gasteiger charge is 2.52. The van der Waals surface area contributed by atoms with Crippen molar-refractivity contribution in [1.82, 2.24) is 39.0 Å². The van der Waals surface area contributed by atoms with Crippen molar-refractivity contribution < 1.29 is 62.2 Å². The van der Waals surface area contributed by atoms with E-state index in [1.807, 2.05) is 0 Å². The Kier molecular flexibility index (Phi) is 10.6. The van der Waals surface area contributed by atoms with E-state index in [9.17, 15) is 29.3 Å². The van der Waals surface area contributed by atoms with Crippen molar-refractivity contribution in [2.24, 2.45) is 0 Å². The first-order chi connectivity index (χ1) is 21.2. The predicted octanol–water partition coefficient (Wildman–Crippen LogP) is -1.41. The van der Waals surface area contributed by atoms with Crippen LogP contribution in [0.2, 0.25) is 0 Å². The molecule has 7 heterocycles. The summed E-state index contributed by atoms with van der Waals surface area (Å²) in [5, 5.41) is 30.4. The third kappa shape index (κ3) is 7.12. The number of phosphoric acid groups is 2. The molecule has 3 aliphatic rings. The Labute approximate surface area is 264 Å². The molecule has 10 N–H and O–H groups in total.